The predicted molar refractivity (Wildman–Crippen MR) is 97.9 cm³/mol. The number of nitro groups is 1. The van der Waals surface area contributed by atoms with Gasteiger partial charge >= 0.3 is 18.0 Å². The van der Waals surface area contributed by atoms with Crippen molar-refractivity contribution in [3.63, 3.8) is 0 Å². The second-order valence-electron chi connectivity index (χ2n) is 7.40. The van der Waals surface area contributed by atoms with Gasteiger partial charge in [-0.05, 0) is 43.0 Å². The minimum absolute atomic E-state index is 0.184. The van der Waals surface area contributed by atoms with Crippen LogP contribution in [0.2, 0.25) is 0 Å². The molecule has 11 heteroatoms. The molecule has 0 spiro atoms. The van der Waals surface area contributed by atoms with Gasteiger partial charge in [0.1, 0.15) is 6.20 Å². The van der Waals surface area contributed by atoms with Gasteiger partial charge in [0.15, 0.2) is 5.72 Å². The first-order chi connectivity index (χ1) is 13.6. The first-order valence-electron chi connectivity index (χ1n) is 9.19. The lowest BCUT2D eigenvalue weighted by Gasteiger charge is -2.44. The largest absolute Gasteiger partial charge is 0.422 e. The van der Waals surface area contributed by atoms with Crippen LogP contribution >= 0.6 is 0 Å². The van der Waals surface area contributed by atoms with E-state index in [4.69, 9.17) is 4.74 Å². The van der Waals surface area contributed by atoms with Crippen LogP contribution in [0, 0.1) is 10.1 Å². The Morgan fingerprint density at radius 1 is 1.21 bits per heavy atom. The van der Waals surface area contributed by atoms with Crippen LogP contribution in [-0.4, -0.2) is 51.3 Å². The Kier molecular flexibility index (Phi) is 4.45. The highest BCUT2D eigenvalue weighted by Gasteiger charge is 2.50. The molecule has 2 atom stereocenters. The third-order valence-corrected chi connectivity index (χ3v) is 5.83. The summed E-state index contributed by atoms with van der Waals surface area (Å²) in [6.07, 6.45) is -2.97. The number of hydrogen-bond acceptors (Lipinski definition) is 6. The van der Waals surface area contributed by atoms with Crippen LogP contribution in [0.5, 0.6) is 6.01 Å². The zero-order valence-electron chi connectivity index (χ0n) is 15.9. The Hall–Kier alpha value is -2.82. The average molecular weight is 411 g/mol. The van der Waals surface area contributed by atoms with Gasteiger partial charge in [0.2, 0.25) is 0 Å². The fourth-order valence-corrected chi connectivity index (χ4v) is 3.93. The zero-order valence-corrected chi connectivity index (χ0v) is 15.9. The highest BCUT2D eigenvalue weighted by molar-refractivity contribution is 5.48. The second kappa shape index (κ2) is 6.61. The molecule has 0 radical (unpaired) electrons. The number of piperazine rings is 1. The summed E-state index contributed by atoms with van der Waals surface area (Å²) < 4.78 is 45.9. The standard InChI is InChI=1S/C18H20F3N5O3/c1-12-17(2,29-16-22-15(26(27)28)11-25(12)16)24-9-7-23(8-10-24)14-5-3-13(4-6-14)18(19,20)21/h3-6,11-12H,7-10H2,1-2H3. The molecule has 29 heavy (non-hydrogen) atoms. The molecular formula is C18H20F3N5O3. The van der Waals surface area contributed by atoms with E-state index in [-0.39, 0.29) is 17.9 Å². The lowest BCUT2D eigenvalue weighted by atomic mass is 10.0. The highest BCUT2D eigenvalue weighted by Crippen LogP contribution is 2.42. The molecule has 2 aliphatic heterocycles. The molecule has 2 aromatic rings. The lowest BCUT2D eigenvalue weighted by molar-refractivity contribution is -0.389. The van der Waals surface area contributed by atoms with Gasteiger partial charge in [-0.3, -0.25) is 9.47 Å². The number of fused-ring (bicyclic) bond motifs is 1. The van der Waals surface area contributed by atoms with Crippen molar-refractivity contribution in [2.75, 3.05) is 31.1 Å². The molecule has 0 saturated carbocycles. The maximum absolute atomic E-state index is 12.7. The number of rotatable bonds is 3. The molecule has 2 aliphatic rings. The first-order valence-corrected chi connectivity index (χ1v) is 9.19. The van der Waals surface area contributed by atoms with Crippen molar-refractivity contribution in [1.29, 1.82) is 0 Å². The molecule has 1 fully saturated rings. The van der Waals surface area contributed by atoms with Crippen LogP contribution in [0.3, 0.4) is 0 Å². The van der Waals surface area contributed by atoms with E-state index in [0.717, 1.165) is 17.8 Å². The van der Waals surface area contributed by atoms with Gasteiger partial charge in [-0.25, -0.2) is 0 Å². The van der Waals surface area contributed by atoms with E-state index < -0.39 is 22.4 Å². The Morgan fingerprint density at radius 3 is 2.34 bits per heavy atom. The van der Waals surface area contributed by atoms with Crippen molar-refractivity contribution < 1.29 is 22.8 Å². The van der Waals surface area contributed by atoms with Crippen LogP contribution in [0.25, 0.3) is 0 Å². The summed E-state index contributed by atoms with van der Waals surface area (Å²) >= 11 is 0. The maximum Gasteiger partial charge on any atom is 0.416 e. The van der Waals surface area contributed by atoms with E-state index >= 15 is 0 Å². The molecule has 0 aliphatic carbocycles. The number of alkyl halides is 3. The molecule has 4 rings (SSSR count). The minimum atomic E-state index is -4.35. The first kappa shape index (κ1) is 19.5. The molecule has 2 unspecified atom stereocenters. The van der Waals surface area contributed by atoms with Gasteiger partial charge in [0.25, 0.3) is 0 Å². The van der Waals surface area contributed by atoms with Gasteiger partial charge in [0, 0.05) is 36.9 Å². The van der Waals surface area contributed by atoms with Gasteiger partial charge < -0.3 is 19.8 Å². The number of ether oxygens (including phenoxy) is 1. The van der Waals surface area contributed by atoms with E-state index in [1.165, 1.54) is 18.3 Å². The molecule has 1 saturated heterocycles. The number of hydrogen-bond donors (Lipinski definition) is 0. The number of halogens is 3. The molecule has 3 heterocycles. The maximum atomic E-state index is 12.7. The number of nitrogens with zero attached hydrogens (tertiary/aromatic N) is 5. The fraction of sp³-hybridized carbons (Fsp3) is 0.500. The molecule has 0 amide bonds. The van der Waals surface area contributed by atoms with E-state index in [0.29, 0.717) is 26.2 Å². The summed E-state index contributed by atoms with van der Waals surface area (Å²) in [4.78, 5) is 18.5. The smallest absolute Gasteiger partial charge is 0.416 e. The molecular weight excluding hydrogens is 391 g/mol. The van der Waals surface area contributed by atoms with E-state index in [2.05, 4.69) is 9.88 Å². The average Bonchev–Trinajstić information content (AvgIpc) is 3.20. The van der Waals surface area contributed by atoms with Crippen molar-refractivity contribution in [3.8, 4) is 6.01 Å². The van der Waals surface area contributed by atoms with Gasteiger partial charge in [-0.2, -0.15) is 13.2 Å². The van der Waals surface area contributed by atoms with E-state index in [9.17, 15) is 23.3 Å². The topological polar surface area (TPSA) is 76.7 Å². The van der Waals surface area contributed by atoms with Gasteiger partial charge in [-0.15, -0.1) is 0 Å². The molecule has 0 bridgehead atoms. The van der Waals surface area contributed by atoms with Crippen LogP contribution in [0.15, 0.2) is 30.5 Å². The monoisotopic (exact) mass is 411 g/mol. The van der Waals surface area contributed by atoms with Crippen LogP contribution in [0.4, 0.5) is 24.7 Å². The normalized spacial score (nSPS) is 25.0. The van der Waals surface area contributed by atoms with Crippen molar-refractivity contribution in [2.45, 2.75) is 31.8 Å². The van der Waals surface area contributed by atoms with Crippen molar-refractivity contribution in [2.24, 2.45) is 0 Å². The molecule has 156 valence electrons. The van der Waals surface area contributed by atoms with Crippen LogP contribution in [0.1, 0.15) is 25.5 Å². The van der Waals surface area contributed by atoms with Gasteiger partial charge in [-0.1, -0.05) is 0 Å². The minimum Gasteiger partial charge on any atom is -0.422 e. The van der Waals surface area contributed by atoms with Gasteiger partial charge in [0.05, 0.1) is 11.6 Å². The van der Waals surface area contributed by atoms with Crippen molar-refractivity contribution >= 4 is 11.5 Å². The number of imidazole rings is 1. The summed E-state index contributed by atoms with van der Waals surface area (Å²) in [7, 11) is 0. The van der Waals surface area contributed by atoms with E-state index in [1.807, 2.05) is 18.7 Å². The Labute approximate surface area is 164 Å². The van der Waals surface area contributed by atoms with Crippen molar-refractivity contribution in [3.05, 3.63) is 46.1 Å². The van der Waals surface area contributed by atoms with Crippen molar-refractivity contribution in [1.82, 2.24) is 14.5 Å². The number of anilines is 1. The summed E-state index contributed by atoms with van der Waals surface area (Å²) in [6.45, 7) is 6.36. The summed E-state index contributed by atoms with van der Waals surface area (Å²) in [5.41, 5.74) is -0.625. The third kappa shape index (κ3) is 3.28. The lowest BCUT2D eigenvalue weighted by Crippen LogP contribution is -2.59. The summed E-state index contributed by atoms with van der Waals surface area (Å²) in [6, 6.07) is 5.20. The fourth-order valence-electron chi connectivity index (χ4n) is 3.93. The summed E-state index contributed by atoms with van der Waals surface area (Å²) in [5, 5.41) is 10.9. The quantitative estimate of drug-likeness (QED) is 0.570. The Bertz CT molecular complexity index is 922. The number of aromatic nitrogens is 2. The van der Waals surface area contributed by atoms with Crippen LogP contribution < -0.4 is 9.64 Å². The Balaban J connectivity index is 1.43. The number of benzene rings is 1. The van der Waals surface area contributed by atoms with Crippen LogP contribution in [-0.2, 0) is 6.18 Å². The molecule has 0 N–H and O–H groups in total. The molecule has 8 nitrogen and oxygen atoms in total. The predicted octanol–water partition coefficient (Wildman–Crippen LogP) is 3.30. The zero-order chi connectivity index (χ0) is 21.0. The molecule has 1 aromatic heterocycles. The second-order valence-corrected chi connectivity index (χ2v) is 7.40. The Morgan fingerprint density at radius 2 is 1.83 bits per heavy atom. The highest BCUT2D eigenvalue weighted by atomic mass is 19.4. The summed E-state index contributed by atoms with van der Waals surface area (Å²) in [5.74, 6) is -0.249. The SMILES string of the molecule is CC1n2cc([N+](=O)[O-])nc2OC1(C)N1CCN(c2ccc(C(F)(F)F)cc2)CC1. The third-order valence-electron chi connectivity index (χ3n) is 5.83. The molecule has 1 aromatic carbocycles. The van der Waals surface area contributed by atoms with E-state index in [1.54, 1.807) is 4.57 Å².